The number of pyridine rings is 1. The van der Waals surface area contributed by atoms with E-state index in [1.165, 1.54) is 32.2 Å². The number of nitrogens with zero attached hydrogens (tertiary/aromatic N) is 2. The van der Waals surface area contributed by atoms with E-state index in [9.17, 15) is 4.79 Å². The molecule has 4 nitrogen and oxygen atoms in total. The molecular weight excluding hydrogens is 346 g/mol. The Morgan fingerprint density at radius 2 is 1.88 bits per heavy atom. The van der Waals surface area contributed by atoms with Crippen LogP contribution >= 0.6 is 11.6 Å². The third-order valence-corrected chi connectivity index (χ3v) is 6.04. The second kappa shape index (κ2) is 7.93. The van der Waals surface area contributed by atoms with Crippen molar-refractivity contribution in [1.29, 1.82) is 0 Å². The zero-order chi connectivity index (χ0) is 17.9. The van der Waals surface area contributed by atoms with Gasteiger partial charge >= 0.3 is 0 Å². The number of rotatable bonds is 4. The Kier molecular flexibility index (Phi) is 5.41. The van der Waals surface area contributed by atoms with E-state index in [4.69, 9.17) is 11.6 Å². The van der Waals surface area contributed by atoms with E-state index in [0.717, 1.165) is 42.8 Å². The van der Waals surface area contributed by atoms with E-state index in [0.29, 0.717) is 10.7 Å². The maximum atomic E-state index is 12.8. The lowest BCUT2D eigenvalue weighted by atomic mass is 10.0. The van der Waals surface area contributed by atoms with E-state index in [1.807, 2.05) is 24.3 Å². The van der Waals surface area contributed by atoms with Gasteiger partial charge < -0.3 is 10.2 Å². The van der Waals surface area contributed by atoms with Gasteiger partial charge in [0.15, 0.2) is 0 Å². The van der Waals surface area contributed by atoms with Crippen LogP contribution in [0.3, 0.4) is 0 Å². The van der Waals surface area contributed by atoms with Crippen LogP contribution in [0, 0.1) is 5.92 Å². The quantitative estimate of drug-likeness (QED) is 0.816. The van der Waals surface area contributed by atoms with Gasteiger partial charge in [0.05, 0.1) is 11.1 Å². The van der Waals surface area contributed by atoms with E-state index < -0.39 is 0 Å². The summed E-state index contributed by atoms with van der Waals surface area (Å²) in [5, 5.41) is 4.43. The molecule has 1 aromatic heterocycles. The molecule has 1 aromatic carbocycles. The van der Waals surface area contributed by atoms with E-state index in [1.54, 1.807) is 6.07 Å². The third-order valence-electron chi connectivity index (χ3n) is 5.84. The van der Waals surface area contributed by atoms with Gasteiger partial charge in [-0.15, -0.1) is 0 Å². The van der Waals surface area contributed by atoms with Gasteiger partial charge in [-0.25, -0.2) is 4.98 Å². The van der Waals surface area contributed by atoms with Crippen LogP contribution in [0.2, 0.25) is 5.15 Å². The predicted molar refractivity (Wildman–Crippen MR) is 106 cm³/mol. The van der Waals surface area contributed by atoms with Crippen molar-refractivity contribution >= 4 is 28.4 Å². The van der Waals surface area contributed by atoms with Crippen LogP contribution in [-0.4, -0.2) is 41.5 Å². The number of carbonyl (C=O) groups is 1. The SMILES string of the molecule is O=C(NC1CCN(CC2CCCC2)CC1)c1cc(Cl)nc2ccccc12. The highest BCUT2D eigenvalue weighted by molar-refractivity contribution is 6.30. The fraction of sp³-hybridized carbons (Fsp3) is 0.524. The largest absolute Gasteiger partial charge is 0.349 e. The van der Waals surface area contributed by atoms with Gasteiger partial charge in [0, 0.05) is 31.1 Å². The summed E-state index contributed by atoms with van der Waals surface area (Å²) in [7, 11) is 0. The molecule has 2 fully saturated rings. The van der Waals surface area contributed by atoms with Gasteiger partial charge in [-0.2, -0.15) is 0 Å². The number of hydrogen-bond acceptors (Lipinski definition) is 3. The van der Waals surface area contributed by atoms with Gasteiger partial charge in [-0.3, -0.25) is 4.79 Å². The topological polar surface area (TPSA) is 45.2 Å². The van der Waals surface area contributed by atoms with Crippen LogP contribution in [0.4, 0.5) is 0 Å². The maximum Gasteiger partial charge on any atom is 0.252 e. The third kappa shape index (κ3) is 4.02. The molecule has 0 unspecified atom stereocenters. The number of benzene rings is 1. The Morgan fingerprint density at radius 1 is 1.15 bits per heavy atom. The molecule has 1 aliphatic heterocycles. The fourth-order valence-corrected chi connectivity index (χ4v) is 4.61. The zero-order valence-corrected chi connectivity index (χ0v) is 15.8. The number of aromatic nitrogens is 1. The number of nitrogens with one attached hydrogen (secondary N) is 1. The number of amides is 1. The molecule has 0 radical (unpaired) electrons. The number of piperidine rings is 1. The first-order valence-electron chi connectivity index (χ1n) is 9.77. The van der Waals surface area contributed by atoms with Crippen LogP contribution in [-0.2, 0) is 0 Å². The summed E-state index contributed by atoms with van der Waals surface area (Å²) in [6.45, 7) is 3.41. The van der Waals surface area contributed by atoms with Crippen molar-refractivity contribution in [2.75, 3.05) is 19.6 Å². The van der Waals surface area contributed by atoms with Crippen LogP contribution in [0.1, 0.15) is 48.9 Å². The summed E-state index contributed by atoms with van der Waals surface area (Å²) in [6, 6.07) is 9.57. The summed E-state index contributed by atoms with van der Waals surface area (Å²) < 4.78 is 0. The summed E-state index contributed by atoms with van der Waals surface area (Å²) in [5.74, 6) is 0.853. The molecular formula is C21H26ClN3O. The van der Waals surface area contributed by atoms with Gasteiger partial charge in [-0.05, 0) is 43.7 Å². The summed E-state index contributed by atoms with van der Waals surface area (Å²) in [5.41, 5.74) is 1.38. The highest BCUT2D eigenvalue weighted by Crippen LogP contribution is 2.27. The first-order chi connectivity index (χ1) is 12.7. The van der Waals surface area contributed by atoms with E-state index in [-0.39, 0.29) is 11.9 Å². The Morgan fingerprint density at radius 3 is 2.65 bits per heavy atom. The molecule has 0 atom stereocenters. The number of hydrogen-bond donors (Lipinski definition) is 1. The molecule has 1 saturated carbocycles. The van der Waals surface area contributed by atoms with Crippen LogP contribution in [0.25, 0.3) is 10.9 Å². The lowest BCUT2D eigenvalue weighted by Crippen LogP contribution is -2.45. The molecule has 2 aliphatic rings. The molecule has 138 valence electrons. The van der Waals surface area contributed by atoms with Crippen molar-refractivity contribution < 1.29 is 4.79 Å². The molecule has 2 heterocycles. The molecule has 2 aromatic rings. The average molecular weight is 372 g/mol. The molecule has 1 saturated heterocycles. The molecule has 0 spiro atoms. The van der Waals surface area contributed by atoms with Gasteiger partial charge in [0.25, 0.3) is 5.91 Å². The van der Waals surface area contributed by atoms with Crippen molar-refractivity contribution in [3.05, 3.63) is 41.0 Å². The molecule has 26 heavy (non-hydrogen) atoms. The Labute approximate surface area is 159 Å². The normalized spacial score (nSPS) is 19.9. The minimum Gasteiger partial charge on any atom is -0.349 e. The standard InChI is InChI=1S/C21H26ClN3O/c22-20-13-18(17-7-3-4-8-19(17)24-20)21(26)23-16-9-11-25(12-10-16)14-15-5-1-2-6-15/h3-4,7-8,13,15-16H,1-2,5-6,9-12,14H2,(H,23,26). The van der Waals surface area contributed by atoms with Crippen molar-refractivity contribution in [3.63, 3.8) is 0 Å². The predicted octanol–water partition coefficient (Wildman–Crippen LogP) is 4.27. The molecule has 1 aliphatic carbocycles. The smallest absolute Gasteiger partial charge is 0.252 e. The van der Waals surface area contributed by atoms with Crippen molar-refractivity contribution in [3.8, 4) is 0 Å². The van der Waals surface area contributed by atoms with Crippen molar-refractivity contribution in [2.45, 2.75) is 44.6 Å². The van der Waals surface area contributed by atoms with E-state index in [2.05, 4.69) is 15.2 Å². The van der Waals surface area contributed by atoms with Crippen LogP contribution in [0.15, 0.2) is 30.3 Å². The Hall–Kier alpha value is -1.65. The fourth-order valence-electron chi connectivity index (χ4n) is 4.41. The highest BCUT2D eigenvalue weighted by atomic mass is 35.5. The monoisotopic (exact) mass is 371 g/mol. The number of likely N-dealkylation sites (tertiary alicyclic amines) is 1. The highest BCUT2D eigenvalue weighted by Gasteiger charge is 2.25. The van der Waals surface area contributed by atoms with Gasteiger partial charge in [0.1, 0.15) is 5.15 Å². The summed E-state index contributed by atoms with van der Waals surface area (Å²) in [6.07, 6.45) is 7.64. The lowest BCUT2D eigenvalue weighted by Gasteiger charge is -2.33. The van der Waals surface area contributed by atoms with Gasteiger partial charge in [0.2, 0.25) is 0 Å². The second-order valence-electron chi connectivity index (χ2n) is 7.71. The first kappa shape index (κ1) is 17.7. The maximum absolute atomic E-state index is 12.8. The van der Waals surface area contributed by atoms with Crippen LogP contribution < -0.4 is 5.32 Å². The van der Waals surface area contributed by atoms with Crippen LogP contribution in [0.5, 0.6) is 0 Å². The van der Waals surface area contributed by atoms with Gasteiger partial charge in [-0.1, -0.05) is 42.6 Å². The Balaban J connectivity index is 1.37. The van der Waals surface area contributed by atoms with E-state index >= 15 is 0 Å². The summed E-state index contributed by atoms with van der Waals surface area (Å²) >= 11 is 6.11. The zero-order valence-electron chi connectivity index (χ0n) is 15.1. The number of carbonyl (C=O) groups excluding carboxylic acids is 1. The van der Waals surface area contributed by atoms with Crippen molar-refractivity contribution in [2.24, 2.45) is 5.92 Å². The molecule has 4 rings (SSSR count). The number of para-hydroxylation sites is 1. The molecule has 1 amide bonds. The average Bonchev–Trinajstić information content (AvgIpc) is 3.15. The summed E-state index contributed by atoms with van der Waals surface area (Å²) in [4.78, 5) is 19.7. The molecule has 5 heteroatoms. The minimum absolute atomic E-state index is 0.0419. The van der Waals surface area contributed by atoms with Crippen molar-refractivity contribution in [1.82, 2.24) is 15.2 Å². The molecule has 0 bridgehead atoms. The molecule has 1 N–H and O–H groups in total. The number of halogens is 1. The number of fused-ring (bicyclic) bond motifs is 1. The first-order valence-corrected chi connectivity index (χ1v) is 10.2. The Bertz CT molecular complexity index is 780. The lowest BCUT2D eigenvalue weighted by molar-refractivity contribution is 0.0907. The second-order valence-corrected chi connectivity index (χ2v) is 8.10. The minimum atomic E-state index is -0.0419.